The van der Waals surface area contributed by atoms with Gasteiger partial charge < -0.3 is 14.8 Å². The van der Waals surface area contributed by atoms with E-state index in [9.17, 15) is 13.2 Å². The summed E-state index contributed by atoms with van der Waals surface area (Å²) < 4.78 is 49.4. The van der Waals surface area contributed by atoms with Crippen LogP contribution in [0.25, 0.3) is 0 Å². The molecule has 1 fully saturated rings. The van der Waals surface area contributed by atoms with Crippen molar-refractivity contribution in [3.63, 3.8) is 0 Å². The molecule has 1 aromatic rings. The topological polar surface area (TPSA) is 43.4 Å². The van der Waals surface area contributed by atoms with E-state index in [0.29, 0.717) is 29.7 Å². The number of pyridine rings is 1. The van der Waals surface area contributed by atoms with Gasteiger partial charge in [0, 0.05) is 19.8 Å². The van der Waals surface area contributed by atoms with Gasteiger partial charge in [0.2, 0.25) is 0 Å². The zero-order chi connectivity index (χ0) is 16.0. The number of nitrogens with zero attached hydrogens (tertiary/aromatic N) is 1. The Morgan fingerprint density at radius 3 is 2.91 bits per heavy atom. The summed E-state index contributed by atoms with van der Waals surface area (Å²) in [6, 6.07) is 2.39. The van der Waals surface area contributed by atoms with Crippen LogP contribution in [0.1, 0.15) is 25.0 Å². The first kappa shape index (κ1) is 17.7. The van der Waals surface area contributed by atoms with E-state index in [-0.39, 0.29) is 11.9 Å². The summed E-state index contributed by atoms with van der Waals surface area (Å²) in [7, 11) is 0. The van der Waals surface area contributed by atoms with Crippen LogP contribution in [0.5, 0.6) is 0 Å². The molecule has 4 nitrogen and oxygen atoms in total. The first-order valence-corrected chi connectivity index (χ1v) is 8.21. The Morgan fingerprint density at radius 1 is 1.41 bits per heavy atom. The number of hydrogen-bond donors (Lipinski definition) is 1. The molecule has 0 unspecified atom stereocenters. The van der Waals surface area contributed by atoms with E-state index in [1.165, 1.54) is 6.07 Å². The number of aromatic nitrogens is 1. The molecule has 124 valence electrons. The molecule has 2 heterocycles. The lowest BCUT2D eigenvalue weighted by atomic mass is 10.2. The average Bonchev–Trinajstić information content (AvgIpc) is 2.96. The van der Waals surface area contributed by atoms with Gasteiger partial charge in [-0.05, 0) is 54.0 Å². The smallest absolute Gasteiger partial charge is 0.379 e. The number of ether oxygens (including phenoxy) is 2. The van der Waals surface area contributed by atoms with Crippen LogP contribution in [0.4, 0.5) is 19.0 Å². The summed E-state index contributed by atoms with van der Waals surface area (Å²) in [4.78, 5) is 3.62. The Balaban J connectivity index is 1.69. The number of hydrogen-bond acceptors (Lipinski definition) is 4. The molecule has 2 rings (SSSR count). The summed E-state index contributed by atoms with van der Waals surface area (Å²) in [6.07, 6.45) is -1.43. The minimum Gasteiger partial charge on any atom is -0.379 e. The van der Waals surface area contributed by atoms with Gasteiger partial charge in [-0.25, -0.2) is 4.98 Å². The van der Waals surface area contributed by atoms with Crippen molar-refractivity contribution < 1.29 is 22.6 Å². The molecule has 1 atom stereocenters. The quantitative estimate of drug-likeness (QED) is 0.530. The number of rotatable bonds is 7. The number of alkyl halides is 3. The molecule has 0 bridgehead atoms. The monoisotopic (exact) mass is 430 g/mol. The third-order valence-corrected chi connectivity index (χ3v) is 4.09. The predicted octanol–water partition coefficient (Wildman–Crippen LogP) is 3.70. The third kappa shape index (κ3) is 5.54. The van der Waals surface area contributed by atoms with Crippen LogP contribution in [0, 0.1) is 3.57 Å². The van der Waals surface area contributed by atoms with Gasteiger partial charge in [-0.3, -0.25) is 0 Å². The maximum absolute atomic E-state index is 12.6. The summed E-state index contributed by atoms with van der Waals surface area (Å²) >= 11 is 1.96. The maximum atomic E-state index is 12.6. The Morgan fingerprint density at radius 2 is 2.23 bits per heavy atom. The highest BCUT2D eigenvalue weighted by molar-refractivity contribution is 14.1. The van der Waals surface area contributed by atoms with Crippen molar-refractivity contribution in [2.24, 2.45) is 0 Å². The molecule has 0 radical (unpaired) electrons. The van der Waals surface area contributed by atoms with Crippen LogP contribution in [0.15, 0.2) is 12.1 Å². The minimum atomic E-state index is -4.43. The van der Waals surface area contributed by atoms with E-state index >= 15 is 0 Å². The maximum Gasteiger partial charge on any atom is 0.433 e. The number of anilines is 1. The molecule has 8 heteroatoms. The first-order valence-electron chi connectivity index (χ1n) is 7.14. The molecule has 0 aromatic carbocycles. The van der Waals surface area contributed by atoms with E-state index in [0.717, 1.165) is 25.5 Å². The van der Waals surface area contributed by atoms with Crippen molar-refractivity contribution in [3.8, 4) is 0 Å². The van der Waals surface area contributed by atoms with Crippen molar-refractivity contribution >= 4 is 28.4 Å². The summed E-state index contributed by atoms with van der Waals surface area (Å²) in [6.45, 7) is 2.44. The number of halogens is 4. The highest BCUT2D eigenvalue weighted by atomic mass is 127. The van der Waals surface area contributed by atoms with Gasteiger partial charge in [-0.2, -0.15) is 13.2 Å². The molecule has 1 N–H and O–H groups in total. The van der Waals surface area contributed by atoms with E-state index in [1.54, 1.807) is 0 Å². The van der Waals surface area contributed by atoms with Crippen molar-refractivity contribution in [3.05, 3.63) is 21.4 Å². The van der Waals surface area contributed by atoms with Gasteiger partial charge >= 0.3 is 6.18 Å². The van der Waals surface area contributed by atoms with Gasteiger partial charge in [0.1, 0.15) is 11.5 Å². The molecule has 0 saturated carbocycles. The fraction of sp³-hybridized carbons (Fsp3) is 0.643. The van der Waals surface area contributed by atoms with E-state index in [1.807, 2.05) is 22.6 Å². The normalized spacial score (nSPS) is 18.6. The molecule has 0 amide bonds. The summed E-state index contributed by atoms with van der Waals surface area (Å²) in [5.74, 6) is 0.259. The van der Waals surface area contributed by atoms with Crippen molar-refractivity contribution in [2.45, 2.75) is 31.5 Å². The second-order valence-corrected chi connectivity index (χ2v) is 6.18. The minimum absolute atomic E-state index is 0.194. The molecule has 1 aliphatic rings. The highest BCUT2D eigenvalue weighted by Gasteiger charge is 2.32. The van der Waals surface area contributed by atoms with Gasteiger partial charge in [-0.15, -0.1) is 0 Å². The summed E-state index contributed by atoms with van der Waals surface area (Å²) in [5.41, 5.74) is -0.884. The van der Waals surface area contributed by atoms with Crippen LogP contribution in [0.3, 0.4) is 0 Å². The van der Waals surface area contributed by atoms with Gasteiger partial charge in [0.05, 0.1) is 16.3 Å². The lowest BCUT2D eigenvalue weighted by Gasteiger charge is -2.12. The molecule has 22 heavy (non-hydrogen) atoms. The zero-order valence-corrected chi connectivity index (χ0v) is 14.1. The molecule has 0 aliphatic carbocycles. The Kier molecular flexibility index (Phi) is 6.69. The van der Waals surface area contributed by atoms with Crippen LogP contribution in [-0.2, 0) is 15.7 Å². The highest BCUT2D eigenvalue weighted by Crippen LogP contribution is 2.29. The molecule has 1 saturated heterocycles. The second kappa shape index (κ2) is 8.30. The van der Waals surface area contributed by atoms with Crippen molar-refractivity contribution in [1.82, 2.24) is 4.98 Å². The largest absolute Gasteiger partial charge is 0.433 e. The average molecular weight is 430 g/mol. The third-order valence-electron chi connectivity index (χ3n) is 3.22. The van der Waals surface area contributed by atoms with Crippen LogP contribution in [0.2, 0.25) is 0 Å². The second-order valence-electron chi connectivity index (χ2n) is 5.01. The fourth-order valence-corrected chi connectivity index (χ4v) is 2.59. The molecular weight excluding hydrogens is 412 g/mol. The lowest BCUT2D eigenvalue weighted by Crippen LogP contribution is -2.16. The SMILES string of the molecule is FC(F)(F)c1ccc(I)c(NCCCOC[C@@H]2CCCO2)n1. The lowest BCUT2D eigenvalue weighted by molar-refractivity contribution is -0.141. The fourth-order valence-electron chi connectivity index (χ4n) is 2.10. The van der Waals surface area contributed by atoms with E-state index in [2.05, 4.69) is 10.3 Å². The van der Waals surface area contributed by atoms with E-state index in [4.69, 9.17) is 9.47 Å². The molecule has 0 spiro atoms. The first-order chi connectivity index (χ1) is 10.5. The van der Waals surface area contributed by atoms with Gasteiger partial charge in [-0.1, -0.05) is 0 Å². The molecular formula is C14H18F3IN2O2. The Bertz CT molecular complexity index is 480. The number of nitrogens with one attached hydrogen (secondary N) is 1. The van der Waals surface area contributed by atoms with Crippen molar-refractivity contribution in [2.75, 3.05) is 31.7 Å². The van der Waals surface area contributed by atoms with Gasteiger partial charge in [0.15, 0.2) is 0 Å². The Labute approximate surface area is 140 Å². The van der Waals surface area contributed by atoms with E-state index < -0.39 is 11.9 Å². The van der Waals surface area contributed by atoms with Crippen LogP contribution >= 0.6 is 22.6 Å². The standard InChI is InChI=1S/C14H18F3IN2O2/c15-14(16,17)12-5-4-11(18)13(20-12)19-6-2-7-21-9-10-3-1-8-22-10/h4-5,10H,1-3,6-9H2,(H,19,20)/t10-/m0/s1. The van der Waals surface area contributed by atoms with Gasteiger partial charge in [0.25, 0.3) is 0 Å². The van der Waals surface area contributed by atoms with Crippen LogP contribution < -0.4 is 5.32 Å². The predicted molar refractivity (Wildman–Crippen MR) is 84.9 cm³/mol. The summed E-state index contributed by atoms with van der Waals surface area (Å²) in [5, 5.41) is 2.92. The molecule has 1 aliphatic heterocycles. The van der Waals surface area contributed by atoms with Crippen LogP contribution in [-0.4, -0.2) is 37.5 Å². The Hall–Kier alpha value is -0.610. The molecule has 1 aromatic heterocycles. The van der Waals surface area contributed by atoms with Crippen molar-refractivity contribution in [1.29, 1.82) is 0 Å². The zero-order valence-electron chi connectivity index (χ0n) is 12.0.